The van der Waals surface area contributed by atoms with Crippen molar-refractivity contribution in [2.75, 3.05) is 5.75 Å². The average Bonchev–Trinajstić information content (AvgIpc) is 3.38. The predicted octanol–water partition coefficient (Wildman–Crippen LogP) is 5.59. The minimum Gasteiger partial charge on any atom is -0.293 e. The smallest absolute Gasteiger partial charge is 0.196 e. The number of aromatic nitrogens is 3. The zero-order valence-electron chi connectivity index (χ0n) is 15.6. The van der Waals surface area contributed by atoms with Gasteiger partial charge in [-0.15, -0.1) is 21.5 Å². The lowest BCUT2D eigenvalue weighted by Gasteiger charge is -2.13. The van der Waals surface area contributed by atoms with E-state index in [1.54, 1.807) is 11.3 Å². The molecule has 140 valence electrons. The van der Waals surface area contributed by atoms with Crippen LogP contribution in [0.1, 0.15) is 21.5 Å². The van der Waals surface area contributed by atoms with Gasteiger partial charge in [-0.3, -0.25) is 9.36 Å². The highest BCUT2D eigenvalue weighted by atomic mass is 32.2. The molecule has 0 radical (unpaired) electrons. The lowest BCUT2D eigenvalue weighted by atomic mass is 10.1. The summed E-state index contributed by atoms with van der Waals surface area (Å²) in [5.74, 6) is 1.20. The van der Waals surface area contributed by atoms with Crippen molar-refractivity contribution in [3.8, 4) is 16.4 Å². The van der Waals surface area contributed by atoms with Crippen LogP contribution in [0, 0.1) is 13.8 Å². The summed E-state index contributed by atoms with van der Waals surface area (Å²) in [4.78, 5) is 13.6. The molecule has 0 aliphatic carbocycles. The Kier molecular flexibility index (Phi) is 5.41. The number of carbonyl (C=O) groups is 1. The van der Waals surface area contributed by atoms with Crippen LogP contribution in [0.2, 0.25) is 0 Å². The fourth-order valence-corrected chi connectivity index (χ4v) is 4.50. The van der Waals surface area contributed by atoms with E-state index in [2.05, 4.69) is 40.7 Å². The van der Waals surface area contributed by atoms with E-state index in [0.717, 1.165) is 21.5 Å². The first-order chi connectivity index (χ1) is 13.6. The fraction of sp³-hybridized carbons (Fsp3) is 0.136. The summed E-state index contributed by atoms with van der Waals surface area (Å²) in [7, 11) is 0. The van der Waals surface area contributed by atoms with Gasteiger partial charge in [-0.25, -0.2) is 0 Å². The molecule has 0 atom stereocenters. The average molecular weight is 406 g/mol. The second-order valence-corrected chi connectivity index (χ2v) is 8.31. The van der Waals surface area contributed by atoms with Crippen molar-refractivity contribution in [2.45, 2.75) is 19.0 Å². The van der Waals surface area contributed by atoms with E-state index in [0.29, 0.717) is 11.3 Å². The van der Waals surface area contributed by atoms with Crippen LogP contribution in [0.15, 0.2) is 71.2 Å². The van der Waals surface area contributed by atoms with Gasteiger partial charge in [0.15, 0.2) is 16.8 Å². The SMILES string of the molecule is Cc1cccc(-n2c(SCC(=O)c3ccccc3)nnc2-c2cccs2)c1C. The number of thioether (sulfide) groups is 1. The van der Waals surface area contributed by atoms with Crippen LogP contribution in [-0.2, 0) is 0 Å². The van der Waals surface area contributed by atoms with Gasteiger partial charge in [0.05, 0.1) is 16.3 Å². The summed E-state index contributed by atoms with van der Waals surface area (Å²) in [5.41, 5.74) is 4.14. The zero-order valence-corrected chi connectivity index (χ0v) is 17.3. The topological polar surface area (TPSA) is 47.8 Å². The van der Waals surface area contributed by atoms with E-state index < -0.39 is 0 Å². The van der Waals surface area contributed by atoms with Crippen LogP contribution in [0.3, 0.4) is 0 Å². The van der Waals surface area contributed by atoms with Crippen LogP contribution in [-0.4, -0.2) is 26.3 Å². The van der Waals surface area contributed by atoms with Gasteiger partial charge >= 0.3 is 0 Å². The Labute approximate surface area is 172 Å². The molecular formula is C22H19N3OS2. The Bertz CT molecular complexity index is 1100. The first kappa shape index (κ1) is 18.7. The fourth-order valence-electron chi connectivity index (χ4n) is 2.96. The molecule has 0 fully saturated rings. The first-order valence-corrected chi connectivity index (χ1v) is 10.8. The standard InChI is InChI=1S/C22H19N3OS2/c1-15-8-6-11-18(16(15)2)25-21(20-12-7-13-27-20)23-24-22(25)28-14-19(26)17-9-4-3-5-10-17/h3-13H,14H2,1-2H3. The van der Waals surface area contributed by atoms with Crippen LogP contribution in [0.5, 0.6) is 0 Å². The minimum absolute atomic E-state index is 0.0822. The molecule has 2 aromatic carbocycles. The number of hydrogen-bond donors (Lipinski definition) is 0. The van der Waals surface area contributed by atoms with Crippen molar-refractivity contribution in [3.05, 3.63) is 82.7 Å². The molecule has 0 unspecified atom stereocenters. The van der Waals surface area contributed by atoms with Gasteiger partial charge in [0.25, 0.3) is 0 Å². The number of ketones is 1. The van der Waals surface area contributed by atoms with Crippen LogP contribution in [0.4, 0.5) is 0 Å². The Morgan fingerprint density at radius 1 is 1.00 bits per heavy atom. The van der Waals surface area contributed by atoms with Gasteiger partial charge < -0.3 is 0 Å². The predicted molar refractivity (Wildman–Crippen MR) is 116 cm³/mol. The van der Waals surface area contributed by atoms with Crippen LogP contribution in [0.25, 0.3) is 16.4 Å². The summed E-state index contributed by atoms with van der Waals surface area (Å²) in [5, 5.41) is 11.6. The van der Waals surface area contributed by atoms with Gasteiger partial charge in [-0.05, 0) is 42.5 Å². The molecule has 0 saturated heterocycles. The molecule has 4 nitrogen and oxygen atoms in total. The number of Topliss-reactive ketones (excluding diaryl/α,β-unsaturated/α-hetero) is 1. The van der Waals surface area contributed by atoms with E-state index in [4.69, 9.17) is 0 Å². The number of nitrogens with zero attached hydrogens (tertiary/aromatic N) is 3. The highest BCUT2D eigenvalue weighted by Crippen LogP contribution is 2.32. The third-order valence-corrected chi connectivity index (χ3v) is 6.41. The van der Waals surface area contributed by atoms with Crippen LogP contribution < -0.4 is 0 Å². The van der Waals surface area contributed by atoms with Gasteiger partial charge in [-0.1, -0.05) is 60.3 Å². The highest BCUT2D eigenvalue weighted by Gasteiger charge is 2.19. The first-order valence-electron chi connectivity index (χ1n) is 8.92. The summed E-state index contributed by atoms with van der Waals surface area (Å²) >= 11 is 3.05. The van der Waals surface area contributed by atoms with E-state index >= 15 is 0 Å². The maximum absolute atomic E-state index is 12.5. The van der Waals surface area contributed by atoms with E-state index in [-0.39, 0.29) is 5.78 Å². The molecule has 0 aliphatic rings. The number of thiophene rings is 1. The third-order valence-electron chi connectivity index (χ3n) is 4.62. The molecule has 4 aromatic rings. The number of benzene rings is 2. The molecule has 4 rings (SSSR count). The monoisotopic (exact) mass is 405 g/mol. The Morgan fingerprint density at radius 3 is 2.57 bits per heavy atom. The molecular weight excluding hydrogens is 386 g/mol. The normalized spacial score (nSPS) is 10.9. The largest absolute Gasteiger partial charge is 0.293 e. The minimum atomic E-state index is 0.0822. The van der Waals surface area contributed by atoms with Gasteiger partial charge in [-0.2, -0.15) is 0 Å². The van der Waals surface area contributed by atoms with Crippen molar-refractivity contribution < 1.29 is 4.79 Å². The van der Waals surface area contributed by atoms with Gasteiger partial charge in [0, 0.05) is 5.56 Å². The van der Waals surface area contributed by atoms with Crippen molar-refractivity contribution in [1.82, 2.24) is 14.8 Å². The Morgan fingerprint density at radius 2 is 1.82 bits per heavy atom. The van der Waals surface area contributed by atoms with E-state index in [1.807, 2.05) is 53.9 Å². The summed E-state index contributed by atoms with van der Waals surface area (Å²) in [6.07, 6.45) is 0. The molecule has 2 heterocycles. The summed E-state index contributed by atoms with van der Waals surface area (Å²) in [6.45, 7) is 4.20. The number of carbonyl (C=O) groups excluding carboxylic acids is 1. The molecule has 0 N–H and O–H groups in total. The van der Waals surface area contributed by atoms with Crippen LogP contribution >= 0.6 is 23.1 Å². The van der Waals surface area contributed by atoms with Gasteiger partial charge in [0.2, 0.25) is 0 Å². The maximum Gasteiger partial charge on any atom is 0.196 e. The second-order valence-electron chi connectivity index (χ2n) is 6.42. The molecule has 0 amide bonds. The molecule has 0 aliphatic heterocycles. The van der Waals surface area contributed by atoms with Crippen molar-refractivity contribution >= 4 is 28.9 Å². The Hall–Kier alpha value is -2.70. The molecule has 6 heteroatoms. The quantitative estimate of drug-likeness (QED) is 0.310. The molecule has 0 bridgehead atoms. The third kappa shape index (κ3) is 3.66. The number of aryl methyl sites for hydroxylation is 1. The Balaban J connectivity index is 1.72. The molecule has 0 spiro atoms. The number of rotatable bonds is 6. The van der Waals surface area contributed by atoms with Crippen molar-refractivity contribution in [2.24, 2.45) is 0 Å². The molecule has 2 aromatic heterocycles. The van der Waals surface area contributed by atoms with E-state index in [1.165, 1.54) is 22.9 Å². The summed E-state index contributed by atoms with van der Waals surface area (Å²) in [6, 6.07) is 19.6. The lowest BCUT2D eigenvalue weighted by molar-refractivity contribution is 0.102. The second kappa shape index (κ2) is 8.12. The maximum atomic E-state index is 12.5. The number of hydrogen-bond acceptors (Lipinski definition) is 5. The molecule has 0 saturated carbocycles. The van der Waals surface area contributed by atoms with E-state index in [9.17, 15) is 4.79 Å². The van der Waals surface area contributed by atoms with Gasteiger partial charge in [0.1, 0.15) is 0 Å². The lowest BCUT2D eigenvalue weighted by Crippen LogP contribution is -2.06. The highest BCUT2D eigenvalue weighted by molar-refractivity contribution is 7.99. The zero-order chi connectivity index (χ0) is 19.5. The molecule has 28 heavy (non-hydrogen) atoms. The summed E-state index contributed by atoms with van der Waals surface area (Å²) < 4.78 is 2.07. The van der Waals surface area contributed by atoms with Crippen molar-refractivity contribution in [3.63, 3.8) is 0 Å². The van der Waals surface area contributed by atoms with Crippen molar-refractivity contribution in [1.29, 1.82) is 0 Å².